The van der Waals surface area contributed by atoms with Crippen molar-refractivity contribution in [3.8, 4) is 5.75 Å². The largest absolute Gasteiger partial charge is 0.426 e. The normalized spacial score (nSPS) is 22.5. The second kappa shape index (κ2) is 7.41. The van der Waals surface area contributed by atoms with Gasteiger partial charge in [-0.1, -0.05) is 26.2 Å². The fraction of sp³-hybridized carbons (Fsp3) is 0.588. The summed E-state index contributed by atoms with van der Waals surface area (Å²) in [7, 11) is 0. The number of carbonyl (C=O) groups excluding carboxylic acids is 1. The topological polar surface area (TPSA) is 26.3 Å². The van der Waals surface area contributed by atoms with Gasteiger partial charge in [0.25, 0.3) is 0 Å². The average Bonchev–Trinajstić information content (AvgIpc) is 2.48. The third-order valence-electron chi connectivity index (χ3n) is 4.18. The Kier molecular flexibility index (Phi) is 5.57. The highest BCUT2D eigenvalue weighted by molar-refractivity contribution is 5.75. The molecule has 0 heterocycles. The summed E-state index contributed by atoms with van der Waals surface area (Å²) in [4.78, 5) is 12.1. The van der Waals surface area contributed by atoms with Crippen LogP contribution in [0.15, 0.2) is 24.3 Å². The van der Waals surface area contributed by atoms with Crippen molar-refractivity contribution in [1.29, 1.82) is 0 Å². The number of hydrogen-bond acceptors (Lipinski definition) is 2. The Morgan fingerprint density at radius 2 is 1.85 bits per heavy atom. The lowest BCUT2D eigenvalue weighted by molar-refractivity contribution is -0.140. The van der Waals surface area contributed by atoms with Crippen LogP contribution in [-0.2, 0) is 4.79 Å². The SMILES string of the molecule is CCCCC1CCC(C(=O)Oc2ccc(F)cc2)CC1. The number of unbranched alkanes of at least 4 members (excludes halogenated alkanes) is 1. The maximum absolute atomic E-state index is 12.8. The molecule has 0 N–H and O–H groups in total. The first kappa shape index (κ1) is 15.0. The minimum atomic E-state index is -0.318. The fourth-order valence-electron chi connectivity index (χ4n) is 2.88. The quantitative estimate of drug-likeness (QED) is 0.575. The van der Waals surface area contributed by atoms with Crippen molar-refractivity contribution in [2.45, 2.75) is 51.9 Å². The first-order valence-corrected chi connectivity index (χ1v) is 7.66. The van der Waals surface area contributed by atoms with Gasteiger partial charge in [0.05, 0.1) is 5.92 Å². The molecular formula is C17H23FO2. The molecule has 1 aliphatic carbocycles. The number of halogens is 1. The van der Waals surface area contributed by atoms with Gasteiger partial charge in [-0.3, -0.25) is 4.79 Å². The predicted molar refractivity (Wildman–Crippen MR) is 77.0 cm³/mol. The van der Waals surface area contributed by atoms with Gasteiger partial charge >= 0.3 is 5.97 Å². The molecule has 2 nitrogen and oxygen atoms in total. The standard InChI is InChI=1S/C17H23FO2/c1-2-3-4-13-5-7-14(8-6-13)17(19)20-16-11-9-15(18)10-12-16/h9-14H,2-8H2,1H3. The number of ether oxygens (including phenoxy) is 1. The lowest BCUT2D eigenvalue weighted by atomic mass is 9.80. The van der Waals surface area contributed by atoms with Crippen LogP contribution in [0.4, 0.5) is 4.39 Å². The molecule has 0 aliphatic heterocycles. The third kappa shape index (κ3) is 4.32. The van der Waals surface area contributed by atoms with E-state index in [9.17, 15) is 9.18 Å². The van der Waals surface area contributed by atoms with E-state index in [1.807, 2.05) is 0 Å². The van der Waals surface area contributed by atoms with Crippen molar-refractivity contribution in [2.24, 2.45) is 11.8 Å². The molecule has 1 fully saturated rings. The molecule has 0 amide bonds. The second-order valence-electron chi connectivity index (χ2n) is 5.73. The molecule has 0 bridgehead atoms. The molecule has 20 heavy (non-hydrogen) atoms. The van der Waals surface area contributed by atoms with E-state index in [1.165, 1.54) is 43.5 Å². The zero-order chi connectivity index (χ0) is 14.4. The van der Waals surface area contributed by atoms with E-state index < -0.39 is 0 Å². The highest BCUT2D eigenvalue weighted by Crippen LogP contribution is 2.32. The lowest BCUT2D eigenvalue weighted by Gasteiger charge is -2.27. The van der Waals surface area contributed by atoms with Gasteiger partial charge < -0.3 is 4.74 Å². The van der Waals surface area contributed by atoms with E-state index in [4.69, 9.17) is 4.74 Å². The van der Waals surface area contributed by atoms with Crippen LogP contribution in [0.1, 0.15) is 51.9 Å². The molecule has 1 aromatic carbocycles. The molecule has 0 aromatic heterocycles. The van der Waals surface area contributed by atoms with Crippen molar-refractivity contribution in [3.05, 3.63) is 30.1 Å². The molecule has 0 saturated heterocycles. The molecule has 1 saturated carbocycles. The van der Waals surface area contributed by atoms with E-state index >= 15 is 0 Å². The molecule has 1 aromatic rings. The third-order valence-corrected chi connectivity index (χ3v) is 4.18. The zero-order valence-electron chi connectivity index (χ0n) is 12.1. The predicted octanol–water partition coefficient (Wildman–Crippen LogP) is 4.73. The summed E-state index contributed by atoms with van der Waals surface area (Å²) < 4.78 is 18.1. The summed E-state index contributed by atoms with van der Waals surface area (Å²) in [5.74, 6) is 0.749. The van der Waals surface area contributed by atoms with Crippen molar-refractivity contribution < 1.29 is 13.9 Å². The zero-order valence-corrected chi connectivity index (χ0v) is 12.1. The number of benzene rings is 1. The molecule has 0 spiro atoms. The Labute approximate surface area is 120 Å². The van der Waals surface area contributed by atoms with E-state index in [-0.39, 0.29) is 17.7 Å². The summed E-state index contributed by atoms with van der Waals surface area (Å²) in [6.45, 7) is 2.21. The van der Waals surface area contributed by atoms with Gasteiger partial charge in [-0.15, -0.1) is 0 Å². The summed E-state index contributed by atoms with van der Waals surface area (Å²) in [6, 6.07) is 5.62. The Balaban J connectivity index is 1.78. The summed E-state index contributed by atoms with van der Waals surface area (Å²) in [6.07, 6.45) is 7.92. The van der Waals surface area contributed by atoms with Gasteiger partial charge in [0.15, 0.2) is 0 Å². The van der Waals surface area contributed by atoms with Crippen LogP contribution in [0.2, 0.25) is 0 Å². The molecule has 1 aliphatic rings. The Bertz CT molecular complexity index is 419. The average molecular weight is 278 g/mol. The first-order valence-electron chi connectivity index (χ1n) is 7.66. The maximum Gasteiger partial charge on any atom is 0.314 e. The summed E-state index contributed by atoms with van der Waals surface area (Å²) in [5.41, 5.74) is 0. The summed E-state index contributed by atoms with van der Waals surface area (Å²) in [5, 5.41) is 0. The van der Waals surface area contributed by atoms with Gasteiger partial charge in [0, 0.05) is 0 Å². The fourth-order valence-corrected chi connectivity index (χ4v) is 2.88. The molecule has 2 rings (SSSR count). The molecule has 0 radical (unpaired) electrons. The van der Waals surface area contributed by atoms with Crippen LogP contribution in [0.5, 0.6) is 5.75 Å². The van der Waals surface area contributed by atoms with Crippen molar-refractivity contribution >= 4 is 5.97 Å². The van der Waals surface area contributed by atoms with Crippen molar-refractivity contribution in [1.82, 2.24) is 0 Å². The van der Waals surface area contributed by atoms with Gasteiger partial charge in [0.1, 0.15) is 11.6 Å². The van der Waals surface area contributed by atoms with E-state index in [1.54, 1.807) is 0 Å². The Morgan fingerprint density at radius 1 is 1.20 bits per heavy atom. The lowest BCUT2D eigenvalue weighted by Crippen LogP contribution is -2.25. The van der Waals surface area contributed by atoms with Crippen molar-refractivity contribution in [2.75, 3.05) is 0 Å². The van der Waals surface area contributed by atoms with Gasteiger partial charge in [-0.25, -0.2) is 4.39 Å². The molecule has 110 valence electrons. The number of rotatable bonds is 5. The van der Waals surface area contributed by atoms with E-state index in [0.717, 1.165) is 31.6 Å². The number of hydrogen-bond donors (Lipinski definition) is 0. The van der Waals surface area contributed by atoms with E-state index in [0.29, 0.717) is 5.75 Å². The highest BCUT2D eigenvalue weighted by Gasteiger charge is 2.27. The second-order valence-corrected chi connectivity index (χ2v) is 5.73. The Morgan fingerprint density at radius 3 is 2.45 bits per heavy atom. The smallest absolute Gasteiger partial charge is 0.314 e. The van der Waals surface area contributed by atoms with Crippen LogP contribution in [0, 0.1) is 17.7 Å². The van der Waals surface area contributed by atoms with E-state index in [2.05, 4.69) is 6.92 Å². The molecule has 3 heteroatoms. The van der Waals surface area contributed by atoms with Crippen molar-refractivity contribution in [3.63, 3.8) is 0 Å². The minimum Gasteiger partial charge on any atom is -0.426 e. The van der Waals surface area contributed by atoms with Crippen LogP contribution in [-0.4, -0.2) is 5.97 Å². The molecule has 0 unspecified atom stereocenters. The number of esters is 1. The Hall–Kier alpha value is -1.38. The van der Waals surface area contributed by atoms with Crippen LogP contribution >= 0.6 is 0 Å². The number of carbonyl (C=O) groups is 1. The van der Waals surface area contributed by atoms with Crippen LogP contribution in [0.25, 0.3) is 0 Å². The monoisotopic (exact) mass is 278 g/mol. The first-order chi connectivity index (χ1) is 9.69. The minimum absolute atomic E-state index is 0.0120. The molecule has 0 atom stereocenters. The van der Waals surface area contributed by atoms with Gasteiger partial charge in [-0.05, 0) is 55.9 Å². The maximum atomic E-state index is 12.8. The highest BCUT2D eigenvalue weighted by atomic mass is 19.1. The van der Waals surface area contributed by atoms with Crippen LogP contribution < -0.4 is 4.74 Å². The molecular weight excluding hydrogens is 255 g/mol. The van der Waals surface area contributed by atoms with Crippen LogP contribution in [0.3, 0.4) is 0 Å². The summed E-state index contributed by atoms with van der Waals surface area (Å²) >= 11 is 0. The van der Waals surface area contributed by atoms with Gasteiger partial charge in [0.2, 0.25) is 0 Å². The van der Waals surface area contributed by atoms with Gasteiger partial charge in [-0.2, -0.15) is 0 Å².